The molecular weight excluding hydrogens is 201 g/mol. The third kappa shape index (κ3) is 3.28. The monoisotopic (exact) mass is 215 g/mol. The average molecular weight is 216 g/mol. The number of rotatable bonds is 4. The maximum Gasteiger partial charge on any atom is 0.142 e. The van der Waals surface area contributed by atoms with E-state index < -0.39 is 0 Å². The van der Waals surface area contributed by atoms with E-state index in [1.54, 1.807) is 6.07 Å². The van der Waals surface area contributed by atoms with Crippen molar-refractivity contribution in [3.8, 4) is 0 Å². The van der Waals surface area contributed by atoms with Gasteiger partial charge in [0.2, 0.25) is 0 Å². The first kappa shape index (κ1) is 11.5. The average Bonchev–Trinajstić information content (AvgIpc) is 2.19. The topological polar surface area (TPSA) is 26.0 Å². The molecule has 0 radical (unpaired) electrons. The summed E-state index contributed by atoms with van der Waals surface area (Å²) in [5.41, 5.74) is 6.47. The molecule has 1 aromatic rings. The molecule has 0 saturated carbocycles. The van der Waals surface area contributed by atoms with Crippen LogP contribution in [-0.4, -0.2) is 6.54 Å². The zero-order valence-corrected chi connectivity index (χ0v) is 9.02. The Morgan fingerprint density at radius 1 is 1.50 bits per heavy atom. The zero-order chi connectivity index (χ0) is 10.6. The smallest absolute Gasteiger partial charge is 0.142 e. The summed E-state index contributed by atoms with van der Waals surface area (Å²) in [4.78, 5) is 0. The Kier molecular flexibility index (Phi) is 4.36. The van der Waals surface area contributed by atoms with E-state index in [-0.39, 0.29) is 10.8 Å². The van der Waals surface area contributed by atoms with Crippen LogP contribution in [0.1, 0.15) is 18.9 Å². The molecule has 1 rings (SSSR count). The van der Waals surface area contributed by atoms with E-state index in [0.717, 1.165) is 18.4 Å². The van der Waals surface area contributed by atoms with Crippen LogP contribution in [0.15, 0.2) is 18.2 Å². The van der Waals surface area contributed by atoms with Crippen molar-refractivity contribution >= 4 is 11.6 Å². The second kappa shape index (κ2) is 5.32. The Balaban J connectivity index is 2.55. The van der Waals surface area contributed by atoms with E-state index in [9.17, 15) is 4.39 Å². The van der Waals surface area contributed by atoms with Crippen molar-refractivity contribution in [2.75, 3.05) is 6.54 Å². The molecule has 0 aliphatic rings. The first-order chi connectivity index (χ1) is 6.63. The quantitative estimate of drug-likeness (QED) is 0.821. The number of benzene rings is 1. The second-order valence-electron chi connectivity index (χ2n) is 3.63. The SMILES string of the molecule is CC(CN)CCc1ccc(Cl)c(F)c1. The van der Waals surface area contributed by atoms with Crippen LogP contribution >= 0.6 is 11.6 Å². The Bertz CT molecular complexity index is 301. The third-order valence-corrected chi connectivity index (χ3v) is 2.62. The summed E-state index contributed by atoms with van der Waals surface area (Å²) < 4.78 is 13.0. The largest absolute Gasteiger partial charge is 0.330 e. The number of nitrogens with two attached hydrogens (primary N) is 1. The molecule has 0 aromatic heterocycles. The predicted octanol–water partition coefficient (Wildman–Crippen LogP) is 3.01. The molecule has 1 unspecified atom stereocenters. The van der Waals surface area contributed by atoms with E-state index >= 15 is 0 Å². The maximum atomic E-state index is 13.0. The first-order valence-corrected chi connectivity index (χ1v) is 5.15. The minimum atomic E-state index is -0.343. The van der Waals surface area contributed by atoms with Gasteiger partial charge in [-0.2, -0.15) is 0 Å². The molecule has 78 valence electrons. The van der Waals surface area contributed by atoms with Gasteiger partial charge in [0.1, 0.15) is 5.82 Å². The maximum absolute atomic E-state index is 13.0. The van der Waals surface area contributed by atoms with Gasteiger partial charge >= 0.3 is 0 Å². The Hall–Kier alpha value is -0.600. The molecule has 0 heterocycles. The summed E-state index contributed by atoms with van der Waals surface area (Å²) in [5.74, 6) is 0.137. The normalized spacial score (nSPS) is 12.9. The van der Waals surface area contributed by atoms with Gasteiger partial charge in [-0.25, -0.2) is 4.39 Å². The van der Waals surface area contributed by atoms with Gasteiger partial charge in [-0.05, 0) is 43.0 Å². The minimum absolute atomic E-state index is 0.181. The summed E-state index contributed by atoms with van der Waals surface area (Å²) in [6, 6.07) is 4.94. The molecule has 0 bridgehead atoms. The molecule has 14 heavy (non-hydrogen) atoms. The van der Waals surface area contributed by atoms with Gasteiger partial charge in [0.15, 0.2) is 0 Å². The van der Waals surface area contributed by atoms with Crippen LogP contribution < -0.4 is 5.73 Å². The van der Waals surface area contributed by atoms with Crippen molar-refractivity contribution in [3.05, 3.63) is 34.6 Å². The lowest BCUT2D eigenvalue weighted by atomic mass is 10.0. The van der Waals surface area contributed by atoms with Gasteiger partial charge in [-0.1, -0.05) is 24.6 Å². The van der Waals surface area contributed by atoms with Gasteiger partial charge in [0.05, 0.1) is 5.02 Å². The summed E-state index contributed by atoms with van der Waals surface area (Å²) in [6.07, 6.45) is 1.84. The molecule has 0 aliphatic heterocycles. The van der Waals surface area contributed by atoms with E-state index in [4.69, 9.17) is 17.3 Å². The minimum Gasteiger partial charge on any atom is -0.330 e. The highest BCUT2D eigenvalue weighted by atomic mass is 35.5. The predicted molar refractivity (Wildman–Crippen MR) is 57.9 cm³/mol. The molecule has 1 atom stereocenters. The Morgan fingerprint density at radius 2 is 2.21 bits per heavy atom. The fourth-order valence-electron chi connectivity index (χ4n) is 1.23. The zero-order valence-electron chi connectivity index (χ0n) is 8.26. The first-order valence-electron chi connectivity index (χ1n) is 4.77. The van der Waals surface area contributed by atoms with Gasteiger partial charge in [0.25, 0.3) is 0 Å². The molecule has 0 amide bonds. The number of halogens is 2. The second-order valence-corrected chi connectivity index (χ2v) is 4.04. The highest BCUT2D eigenvalue weighted by molar-refractivity contribution is 6.30. The van der Waals surface area contributed by atoms with Crippen LogP contribution in [-0.2, 0) is 6.42 Å². The molecule has 0 fully saturated rings. The van der Waals surface area contributed by atoms with Crippen LogP contribution in [0.5, 0.6) is 0 Å². The third-order valence-electron chi connectivity index (χ3n) is 2.31. The van der Waals surface area contributed by atoms with Crippen LogP contribution in [0.4, 0.5) is 4.39 Å². The van der Waals surface area contributed by atoms with Crippen molar-refractivity contribution in [1.29, 1.82) is 0 Å². The van der Waals surface area contributed by atoms with E-state index in [2.05, 4.69) is 6.92 Å². The number of hydrogen-bond donors (Lipinski definition) is 1. The Morgan fingerprint density at radius 3 is 2.79 bits per heavy atom. The lowest BCUT2D eigenvalue weighted by Crippen LogP contribution is -2.11. The van der Waals surface area contributed by atoms with Crippen LogP contribution in [0, 0.1) is 11.7 Å². The van der Waals surface area contributed by atoms with Crippen LogP contribution in [0.2, 0.25) is 5.02 Å². The highest BCUT2D eigenvalue weighted by Crippen LogP contribution is 2.17. The van der Waals surface area contributed by atoms with Gasteiger partial charge < -0.3 is 5.73 Å². The van der Waals surface area contributed by atoms with Crippen molar-refractivity contribution in [3.63, 3.8) is 0 Å². The summed E-state index contributed by atoms with van der Waals surface area (Å²) in [7, 11) is 0. The molecule has 1 nitrogen and oxygen atoms in total. The summed E-state index contributed by atoms with van der Waals surface area (Å²) in [5, 5.41) is 0.181. The molecule has 0 saturated heterocycles. The lowest BCUT2D eigenvalue weighted by molar-refractivity contribution is 0.542. The molecule has 0 spiro atoms. The molecular formula is C11H15ClFN. The number of hydrogen-bond acceptors (Lipinski definition) is 1. The fourth-order valence-corrected chi connectivity index (χ4v) is 1.34. The van der Waals surface area contributed by atoms with Crippen molar-refractivity contribution < 1.29 is 4.39 Å². The number of aryl methyl sites for hydroxylation is 1. The van der Waals surface area contributed by atoms with Gasteiger partial charge in [0, 0.05) is 0 Å². The van der Waals surface area contributed by atoms with Crippen molar-refractivity contribution in [2.45, 2.75) is 19.8 Å². The fraction of sp³-hybridized carbons (Fsp3) is 0.455. The van der Waals surface area contributed by atoms with E-state index in [1.165, 1.54) is 6.07 Å². The van der Waals surface area contributed by atoms with Gasteiger partial charge in [-0.3, -0.25) is 0 Å². The highest BCUT2D eigenvalue weighted by Gasteiger charge is 2.03. The molecule has 3 heteroatoms. The lowest BCUT2D eigenvalue weighted by Gasteiger charge is -2.08. The standard InChI is InChI=1S/C11H15ClFN/c1-8(7-14)2-3-9-4-5-10(12)11(13)6-9/h4-6,8H,2-3,7,14H2,1H3. The van der Waals surface area contributed by atoms with Crippen molar-refractivity contribution in [1.82, 2.24) is 0 Å². The molecule has 1 aromatic carbocycles. The van der Waals surface area contributed by atoms with Crippen LogP contribution in [0.3, 0.4) is 0 Å². The van der Waals surface area contributed by atoms with E-state index in [0.29, 0.717) is 12.5 Å². The summed E-state index contributed by atoms with van der Waals surface area (Å²) in [6.45, 7) is 2.77. The Labute approximate surface area is 89.1 Å². The summed E-state index contributed by atoms with van der Waals surface area (Å²) >= 11 is 5.58. The molecule has 0 aliphatic carbocycles. The van der Waals surface area contributed by atoms with Crippen LogP contribution in [0.25, 0.3) is 0 Å². The van der Waals surface area contributed by atoms with Gasteiger partial charge in [-0.15, -0.1) is 0 Å². The van der Waals surface area contributed by atoms with Crippen molar-refractivity contribution in [2.24, 2.45) is 11.7 Å². The molecule has 2 N–H and O–H groups in total. The van der Waals surface area contributed by atoms with E-state index in [1.807, 2.05) is 6.07 Å².